The molecule has 1 aromatic rings. The lowest BCUT2D eigenvalue weighted by Crippen LogP contribution is -2.50. The summed E-state index contributed by atoms with van der Waals surface area (Å²) in [4.78, 5) is 38.3. The molecule has 0 spiro atoms. The van der Waals surface area contributed by atoms with E-state index in [1.165, 1.54) is 12.1 Å². The van der Waals surface area contributed by atoms with Crippen molar-refractivity contribution in [1.29, 1.82) is 0 Å². The highest BCUT2D eigenvalue weighted by Crippen LogP contribution is 2.08. The van der Waals surface area contributed by atoms with Gasteiger partial charge in [-0.05, 0) is 37.0 Å². The van der Waals surface area contributed by atoms with Crippen LogP contribution in [0.4, 0.5) is 9.18 Å². The molecule has 0 aromatic heterocycles. The SMILES string of the molecule is CCCC(NC(=O)NCc1ccc(F)cc1)C(=O)NCCC(=O)N1CCCC1. The van der Waals surface area contributed by atoms with E-state index in [0.717, 1.165) is 37.9 Å². The molecule has 0 bridgehead atoms. The maximum absolute atomic E-state index is 12.9. The third-order valence-corrected chi connectivity index (χ3v) is 4.66. The molecule has 28 heavy (non-hydrogen) atoms. The number of carbonyl (C=O) groups is 3. The molecule has 154 valence electrons. The zero-order valence-electron chi connectivity index (χ0n) is 16.3. The Labute approximate surface area is 165 Å². The molecule has 7 nitrogen and oxygen atoms in total. The van der Waals surface area contributed by atoms with Gasteiger partial charge >= 0.3 is 6.03 Å². The Morgan fingerprint density at radius 1 is 1.11 bits per heavy atom. The number of nitrogens with zero attached hydrogens (tertiary/aromatic N) is 1. The standard InChI is InChI=1S/C20H29FN4O3/c1-2-5-17(19(27)22-11-10-18(26)25-12-3-4-13-25)24-20(28)23-14-15-6-8-16(21)9-7-15/h6-9,17H,2-5,10-14H2,1H3,(H,22,27)(H2,23,24,28). The first-order chi connectivity index (χ1) is 13.5. The fraction of sp³-hybridized carbons (Fsp3) is 0.550. The quantitative estimate of drug-likeness (QED) is 0.600. The summed E-state index contributed by atoms with van der Waals surface area (Å²) in [7, 11) is 0. The number of urea groups is 1. The predicted octanol–water partition coefficient (Wildman–Crippen LogP) is 1.92. The van der Waals surface area contributed by atoms with E-state index in [9.17, 15) is 18.8 Å². The third-order valence-electron chi connectivity index (χ3n) is 4.66. The van der Waals surface area contributed by atoms with Crippen LogP contribution in [0, 0.1) is 5.82 Å². The highest BCUT2D eigenvalue weighted by atomic mass is 19.1. The molecule has 1 heterocycles. The number of nitrogens with one attached hydrogen (secondary N) is 3. The molecule has 8 heteroatoms. The van der Waals surface area contributed by atoms with Gasteiger partial charge in [-0.2, -0.15) is 0 Å². The maximum atomic E-state index is 12.9. The number of hydrogen-bond acceptors (Lipinski definition) is 3. The topological polar surface area (TPSA) is 90.5 Å². The van der Waals surface area contributed by atoms with E-state index in [4.69, 9.17) is 0 Å². The van der Waals surface area contributed by atoms with E-state index in [-0.39, 0.29) is 37.1 Å². The number of carbonyl (C=O) groups excluding carboxylic acids is 3. The summed E-state index contributed by atoms with van der Waals surface area (Å²) < 4.78 is 12.9. The molecule has 1 saturated heterocycles. The van der Waals surface area contributed by atoms with Gasteiger partial charge in [-0.25, -0.2) is 9.18 Å². The smallest absolute Gasteiger partial charge is 0.315 e. The molecule has 1 aromatic carbocycles. The molecule has 2 rings (SSSR count). The van der Waals surface area contributed by atoms with Gasteiger partial charge in [-0.1, -0.05) is 25.5 Å². The Hall–Kier alpha value is -2.64. The van der Waals surface area contributed by atoms with Crippen LogP contribution in [-0.2, 0) is 16.1 Å². The highest BCUT2D eigenvalue weighted by molar-refractivity contribution is 5.87. The number of hydrogen-bond donors (Lipinski definition) is 3. The third kappa shape index (κ3) is 7.17. The van der Waals surface area contributed by atoms with E-state index in [1.807, 2.05) is 11.8 Å². The Morgan fingerprint density at radius 3 is 2.43 bits per heavy atom. The minimum Gasteiger partial charge on any atom is -0.354 e. The van der Waals surface area contributed by atoms with Crippen LogP contribution in [0.5, 0.6) is 0 Å². The lowest BCUT2D eigenvalue weighted by molar-refractivity contribution is -0.130. The van der Waals surface area contributed by atoms with Crippen molar-refractivity contribution in [2.45, 2.75) is 51.6 Å². The van der Waals surface area contributed by atoms with Crippen LogP contribution in [0.2, 0.25) is 0 Å². The summed E-state index contributed by atoms with van der Waals surface area (Å²) in [5.74, 6) is -0.584. The molecule has 0 saturated carbocycles. The normalized spacial score (nSPS) is 14.4. The monoisotopic (exact) mass is 392 g/mol. The lowest BCUT2D eigenvalue weighted by atomic mass is 10.1. The Morgan fingerprint density at radius 2 is 1.79 bits per heavy atom. The first-order valence-electron chi connectivity index (χ1n) is 9.84. The van der Waals surface area contributed by atoms with Crippen LogP contribution >= 0.6 is 0 Å². The van der Waals surface area contributed by atoms with Crippen molar-refractivity contribution in [3.8, 4) is 0 Å². The minimum absolute atomic E-state index is 0.0508. The number of likely N-dealkylation sites (tertiary alicyclic amines) is 1. The van der Waals surface area contributed by atoms with Crippen molar-refractivity contribution in [3.63, 3.8) is 0 Å². The van der Waals surface area contributed by atoms with Crippen molar-refractivity contribution >= 4 is 17.8 Å². The van der Waals surface area contributed by atoms with Gasteiger partial charge in [-0.3, -0.25) is 9.59 Å². The summed E-state index contributed by atoms with van der Waals surface area (Å²) in [6, 6.07) is 4.69. The van der Waals surface area contributed by atoms with Gasteiger partial charge in [0.15, 0.2) is 0 Å². The number of amides is 4. The van der Waals surface area contributed by atoms with Gasteiger partial charge < -0.3 is 20.9 Å². The molecule has 1 atom stereocenters. The molecule has 0 aliphatic carbocycles. The number of halogens is 1. The zero-order chi connectivity index (χ0) is 20.4. The predicted molar refractivity (Wildman–Crippen MR) is 104 cm³/mol. The average molecular weight is 392 g/mol. The van der Waals surface area contributed by atoms with Crippen LogP contribution in [-0.4, -0.2) is 48.4 Å². The summed E-state index contributed by atoms with van der Waals surface area (Å²) in [5.41, 5.74) is 0.758. The van der Waals surface area contributed by atoms with Crippen molar-refractivity contribution in [1.82, 2.24) is 20.9 Å². The second-order valence-electron chi connectivity index (χ2n) is 6.92. The average Bonchev–Trinajstić information content (AvgIpc) is 3.22. The summed E-state index contributed by atoms with van der Waals surface area (Å²) >= 11 is 0. The Balaban J connectivity index is 1.73. The van der Waals surface area contributed by atoms with Crippen LogP contribution in [0.1, 0.15) is 44.6 Å². The van der Waals surface area contributed by atoms with E-state index in [0.29, 0.717) is 6.42 Å². The largest absolute Gasteiger partial charge is 0.354 e. The van der Waals surface area contributed by atoms with Crippen molar-refractivity contribution in [3.05, 3.63) is 35.6 Å². The van der Waals surface area contributed by atoms with Crippen LogP contribution in [0.15, 0.2) is 24.3 Å². The maximum Gasteiger partial charge on any atom is 0.315 e. The second kappa shape index (κ2) is 11.3. The number of benzene rings is 1. The van der Waals surface area contributed by atoms with Crippen molar-refractivity contribution in [2.75, 3.05) is 19.6 Å². The highest BCUT2D eigenvalue weighted by Gasteiger charge is 2.21. The lowest BCUT2D eigenvalue weighted by Gasteiger charge is -2.19. The van der Waals surface area contributed by atoms with E-state index >= 15 is 0 Å². The molecular weight excluding hydrogens is 363 g/mol. The Bertz CT molecular complexity index is 660. The van der Waals surface area contributed by atoms with Gasteiger partial charge in [0.2, 0.25) is 11.8 Å². The first-order valence-corrected chi connectivity index (χ1v) is 9.84. The van der Waals surface area contributed by atoms with Crippen molar-refractivity contribution < 1.29 is 18.8 Å². The molecular formula is C20H29FN4O3. The Kier molecular flexibility index (Phi) is 8.71. The van der Waals surface area contributed by atoms with Crippen molar-refractivity contribution in [2.24, 2.45) is 0 Å². The zero-order valence-corrected chi connectivity index (χ0v) is 16.3. The first kappa shape index (κ1) is 21.7. The molecule has 1 unspecified atom stereocenters. The van der Waals surface area contributed by atoms with Gasteiger partial charge in [0, 0.05) is 32.6 Å². The number of rotatable bonds is 9. The molecule has 1 aliphatic rings. The summed E-state index contributed by atoms with van der Waals surface area (Å²) in [6.07, 6.45) is 3.56. The molecule has 0 radical (unpaired) electrons. The van der Waals surface area contributed by atoms with Crippen LogP contribution in [0.3, 0.4) is 0 Å². The minimum atomic E-state index is -0.667. The van der Waals surface area contributed by atoms with Crippen LogP contribution in [0.25, 0.3) is 0 Å². The summed E-state index contributed by atoms with van der Waals surface area (Å²) in [6.45, 7) is 4.00. The van der Waals surface area contributed by atoms with E-state index < -0.39 is 12.1 Å². The van der Waals surface area contributed by atoms with Gasteiger partial charge in [0.05, 0.1) is 0 Å². The molecule has 3 N–H and O–H groups in total. The van der Waals surface area contributed by atoms with Crippen LogP contribution < -0.4 is 16.0 Å². The fourth-order valence-corrected chi connectivity index (χ4v) is 3.09. The fourth-order valence-electron chi connectivity index (χ4n) is 3.09. The molecule has 4 amide bonds. The molecule has 1 fully saturated rings. The van der Waals surface area contributed by atoms with E-state index in [1.54, 1.807) is 12.1 Å². The van der Waals surface area contributed by atoms with Gasteiger partial charge in [-0.15, -0.1) is 0 Å². The van der Waals surface area contributed by atoms with E-state index in [2.05, 4.69) is 16.0 Å². The summed E-state index contributed by atoms with van der Waals surface area (Å²) in [5, 5.41) is 8.06. The van der Waals surface area contributed by atoms with Gasteiger partial charge in [0.25, 0.3) is 0 Å². The van der Waals surface area contributed by atoms with Gasteiger partial charge in [0.1, 0.15) is 11.9 Å². The molecule has 1 aliphatic heterocycles. The second-order valence-corrected chi connectivity index (χ2v) is 6.92.